The molecule has 0 spiro atoms. The Morgan fingerprint density at radius 2 is 2.00 bits per heavy atom. The highest BCUT2D eigenvalue weighted by Gasteiger charge is 1.80. The molecular formula is C5H17NOSi. The topological polar surface area (TPSA) is 44.2 Å². The van der Waals surface area contributed by atoms with Gasteiger partial charge in [0.25, 0.3) is 0 Å². The van der Waals surface area contributed by atoms with Crippen molar-refractivity contribution in [2.24, 2.45) is 0 Å². The zero-order chi connectivity index (χ0) is 5.54. The van der Waals surface area contributed by atoms with Crippen molar-refractivity contribution in [1.29, 1.82) is 0 Å². The Morgan fingerprint density at radius 3 is 2.38 bits per heavy atom. The van der Waals surface area contributed by atoms with Crippen LogP contribution in [0.4, 0.5) is 0 Å². The summed E-state index contributed by atoms with van der Waals surface area (Å²) in [5, 5.41) is 0. The van der Waals surface area contributed by atoms with Gasteiger partial charge in [-0.15, -0.1) is 0 Å². The van der Waals surface area contributed by atoms with Crippen molar-refractivity contribution in [2.45, 2.75) is 26.3 Å². The van der Waals surface area contributed by atoms with Gasteiger partial charge >= 0.3 is 0 Å². The lowest BCUT2D eigenvalue weighted by Gasteiger charge is -1.93. The minimum atomic E-state index is -0.0887. The predicted octanol–water partition coefficient (Wildman–Crippen LogP) is 1.10. The summed E-state index contributed by atoms with van der Waals surface area (Å²) in [5.74, 6) is 0. The van der Waals surface area contributed by atoms with Crippen LogP contribution in [0.1, 0.15) is 20.3 Å². The van der Waals surface area contributed by atoms with Crippen molar-refractivity contribution in [2.75, 3.05) is 6.61 Å². The zero-order valence-corrected chi connectivity index (χ0v) is 7.36. The molecule has 0 bridgehead atoms. The van der Waals surface area contributed by atoms with Gasteiger partial charge in [0.15, 0.2) is 9.76 Å². The van der Waals surface area contributed by atoms with Crippen LogP contribution in [0.5, 0.6) is 0 Å². The van der Waals surface area contributed by atoms with E-state index in [2.05, 4.69) is 13.8 Å². The second-order valence-corrected chi connectivity index (χ2v) is 3.07. The number of hydrogen-bond acceptors (Lipinski definition) is 2. The van der Waals surface area contributed by atoms with Gasteiger partial charge in [-0.3, -0.25) is 0 Å². The molecule has 0 unspecified atom stereocenters. The van der Waals surface area contributed by atoms with Gasteiger partial charge in [-0.25, -0.2) is 0 Å². The minimum Gasteiger partial charge on any atom is -0.424 e. The molecule has 0 saturated carbocycles. The van der Waals surface area contributed by atoms with E-state index in [-0.39, 0.29) is 15.9 Å². The first kappa shape index (κ1) is 11.0. The highest BCUT2D eigenvalue weighted by atomic mass is 28.2. The van der Waals surface area contributed by atoms with Crippen LogP contribution in [0.3, 0.4) is 0 Å². The van der Waals surface area contributed by atoms with Crippen LogP contribution in [0.25, 0.3) is 0 Å². The Morgan fingerprint density at radius 1 is 1.38 bits per heavy atom. The van der Waals surface area contributed by atoms with Gasteiger partial charge in [-0.2, -0.15) is 0 Å². The number of hydrogen-bond donors (Lipinski definition) is 1. The molecule has 52 valence electrons. The molecule has 0 saturated heterocycles. The highest BCUT2D eigenvalue weighted by Crippen LogP contribution is 1.84. The van der Waals surface area contributed by atoms with Crippen LogP contribution >= 0.6 is 0 Å². The molecule has 3 N–H and O–H groups in total. The second kappa shape index (κ2) is 10.2. The van der Waals surface area contributed by atoms with Crippen molar-refractivity contribution in [3.05, 3.63) is 0 Å². The standard InChI is InChI=1S/C5H14OSi.H3N/c1-3-5-7-6-4-2;/h3-5,7H2,1-2H3;1H3. The normalized spacial score (nSPS) is 9.75. The van der Waals surface area contributed by atoms with Gasteiger partial charge in [0.05, 0.1) is 0 Å². The summed E-state index contributed by atoms with van der Waals surface area (Å²) < 4.78 is 5.21. The second-order valence-electron chi connectivity index (χ2n) is 1.55. The molecule has 0 heterocycles. The Hall–Kier alpha value is 0.137. The fraction of sp³-hybridized carbons (Fsp3) is 1.00. The molecule has 0 aliphatic carbocycles. The summed E-state index contributed by atoms with van der Waals surface area (Å²) in [6.07, 6.45) is 1.30. The van der Waals surface area contributed by atoms with Gasteiger partial charge in [-0.05, 0) is 13.0 Å². The molecule has 0 radical (unpaired) electrons. The molecule has 0 aromatic carbocycles. The SMILES string of the molecule is CCC[SiH2]OCC.N. The zero-order valence-electron chi connectivity index (χ0n) is 5.94. The molecule has 2 nitrogen and oxygen atoms in total. The fourth-order valence-corrected chi connectivity index (χ4v) is 1.17. The maximum absolute atomic E-state index is 5.21. The molecule has 0 aromatic heterocycles. The summed E-state index contributed by atoms with van der Waals surface area (Å²) in [4.78, 5) is 0. The molecule has 0 aliphatic heterocycles. The van der Waals surface area contributed by atoms with E-state index in [4.69, 9.17) is 4.43 Å². The van der Waals surface area contributed by atoms with Crippen LogP contribution < -0.4 is 6.15 Å². The van der Waals surface area contributed by atoms with E-state index in [9.17, 15) is 0 Å². The van der Waals surface area contributed by atoms with E-state index in [1.54, 1.807) is 0 Å². The first-order valence-electron chi connectivity index (χ1n) is 2.99. The monoisotopic (exact) mass is 135 g/mol. The van der Waals surface area contributed by atoms with E-state index in [1.165, 1.54) is 12.5 Å². The first-order valence-corrected chi connectivity index (χ1v) is 4.57. The van der Waals surface area contributed by atoms with E-state index >= 15 is 0 Å². The molecule has 0 fully saturated rings. The minimum absolute atomic E-state index is 0. The van der Waals surface area contributed by atoms with Crippen LogP contribution in [0, 0.1) is 0 Å². The molecular weight excluding hydrogens is 118 g/mol. The Balaban J connectivity index is 0. The van der Waals surface area contributed by atoms with E-state index in [0.29, 0.717) is 0 Å². The Bertz CT molecular complexity index is 31.6. The van der Waals surface area contributed by atoms with Gasteiger partial charge in [-0.1, -0.05) is 13.3 Å². The quantitative estimate of drug-likeness (QED) is 0.463. The Kier molecular flexibility index (Phi) is 14.0. The fourth-order valence-electron chi connectivity index (χ4n) is 0.391. The molecule has 8 heavy (non-hydrogen) atoms. The van der Waals surface area contributed by atoms with Crippen molar-refractivity contribution in [1.82, 2.24) is 6.15 Å². The summed E-state index contributed by atoms with van der Waals surface area (Å²) in [5.41, 5.74) is 0. The highest BCUT2D eigenvalue weighted by molar-refractivity contribution is 6.26. The summed E-state index contributed by atoms with van der Waals surface area (Å²) in [6.45, 7) is 5.18. The molecule has 0 aliphatic rings. The molecule has 0 amide bonds. The lowest BCUT2D eigenvalue weighted by molar-refractivity contribution is 0.359. The molecule has 0 aromatic rings. The third-order valence-electron chi connectivity index (χ3n) is 0.846. The summed E-state index contributed by atoms with van der Waals surface area (Å²) in [7, 11) is -0.0887. The molecule has 0 rings (SSSR count). The third-order valence-corrected chi connectivity index (χ3v) is 2.54. The van der Waals surface area contributed by atoms with Crippen molar-refractivity contribution in [3.8, 4) is 0 Å². The van der Waals surface area contributed by atoms with Crippen molar-refractivity contribution in [3.63, 3.8) is 0 Å². The molecule has 3 heteroatoms. The summed E-state index contributed by atoms with van der Waals surface area (Å²) >= 11 is 0. The smallest absolute Gasteiger partial charge is 0.161 e. The van der Waals surface area contributed by atoms with Crippen molar-refractivity contribution < 1.29 is 4.43 Å². The van der Waals surface area contributed by atoms with E-state index in [1.807, 2.05) is 0 Å². The van der Waals surface area contributed by atoms with E-state index < -0.39 is 0 Å². The van der Waals surface area contributed by atoms with Gasteiger partial charge < -0.3 is 10.6 Å². The maximum Gasteiger partial charge on any atom is 0.161 e. The van der Waals surface area contributed by atoms with E-state index in [0.717, 1.165) is 6.61 Å². The third kappa shape index (κ3) is 9.46. The van der Waals surface area contributed by atoms with Crippen LogP contribution in [-0.4, -0.2) is 16.4 Å². The predicted molar refractivity (Wildman–Crippen MR) is 40.3 cm³/mol. The largest absolute Gasteiger partial charge is 0.424 e. The first-order chi connectivity index (χ1) is 3.41. The number of rotatable bonds is 4. The molecule has 0 atom stereocenters. The van der Waals surface area contributed by atoms with Crippen LogP contribution in [0.2, 0.25) is 6.04 Å². The van der Waals surface area contributed by atoms with Gasteiger partial charge in [0, 0.05) is 6.61 Å². The van der Waals surface area contributed by atoms with Gasteiger partial charge in [0.1, 0.15) is 0 Å². The lowest BCUT2D eigenvalue weighted by atomic mass is 10.6. The van der Waals surface area contributed by atoms with Crippen LogP contribution in [-0.2, 0) is 4.43 Å². The van der Waals surface area contributed by atoms with Crippen molar-refractivity contribution >= 4 is 9.76 Å². The summed E-state index contributed by atoms with van der Waals surface area (Å²) in [6, 6.07) is 1.34. The van der Waals surface area contributed by atoms with Gasteiger partial charge in [0.2, 0.25) is 0 Å². The average molecular weight is 135 g/mol. The average Bonchev–Trinajstić information content (AvgIpc) is 1.69. The Labute approximate surface area is 54.1 Å². The lowest BCUT2D eigenvalue weighted by Crippen LogP contribution is -1.95. The van der Waals surface area contributed by atoms with Crippen LogP contribution in [0.15, 0.2) is 0 Å². The maximum atomic E-state index is 5.21.